The molecule has 6 aromatic carbocycles. The molecule has 0 spiro atoms. The summed E-state index contributed by atoms with van der Waals surface area (Å²) in [5, 5.41) is 0. The summed E-state index contributed by atoms with van der Waals surface area (Å²) in [6.45, 7) is 9.39. The quantitative estimate of drug-likeness (QED) is 0.210. The molecule has 0 unspecified atom stereocenters. The van der Waals surface area contributed by atoms with E-state index >= 15 is 0 Å². The molecule has 0 bridgehead atoms. The van der Waals surface area contributed by atoms with Crippen molar-refractivity contribution in [3.05, 3.63) is 156 Å². The van der Waals surface area contributed by atoms with E-state index in [0.29, 0.717) is 0 Å². The van der Waals surface area contributed by atoms with Crippen LogP contribution in [0.4, 0.5) is 0 Å². The molecular weight excluding hydrogens is 504 g/mol. The van der Waals surface area contributed by atoms with Gasteiger partial charge in [-0.05, 0) is 84.0 Å². The van der Waals surface area contributed by atoms with E-state index in [-0.39, 0.29) is 10.8 Å². The van der Waals surface area contributed by atoms with E-state index in [1.807, 2.05) is 0 Å². The molecule has 2 aliphatic rings. The molecule has 0 radical (unpaired) electrons. The molecule has 0 aliphatic heterocycles. The second-order valence-corrected chi connectivity index (χ2v) is 13.0. The lowest BCUT2D eigenvalue weighted by atomic mass is 9.82. The van der Waals surface area contributed by atoms with Crippen LogP contribution in [0.5, 0.6) is 0 Å². The van der Waals surface area contributed by atoms with Gasteiger partial charge in [-0.15, -0.1) is 0 Å². The van der Waals surface area contributed by atoms with Crippen molar-refractivity contribution in [1.82, 2.24) is 0 Å². The van der Waals surface area contributed by atoms with Crippen LogP contribution in [0, 0.1) is 0 Å². The normalized spacial score (nSPS) is 15.0. The molecule has 0 heterocycles. The molecule has 6 aromatic rings. The minimum absolute atomic E-state index is 0.00270. The van der Waals surface area contributed by atoms with Crippen LogP contribution in [-0.4, -0.2) is 0 Å². The molecule has 0 saturated carbocycles. The first kappa shape index (κ1) is 25.1. The Balaban J connectivity index is 1.19. The van der Waals surface area contributed by atoms with Gasteiger partial charge in [0.25, 0.3) is 0 Å². The monoisotopic (exact) mass is 538 g/mol. The van der Waals surface area contributed by atoms with Crippen molar-refractivity contribution in [2.75, 3.05) is 0 Å². The van der Waals surface area contributed by atoms with E-state index in [4.69, 9.17) is 0 Å². The minimum atomic E-state index is 0.00270. The third kappa shape index (κ3) is 3.48. The third-order valence-corrected chi connectivity index (χ3v) is 9.92. The first-order valence-corrected chi connectivity index (χ1v) is 15.0. The fourth-order valence-electron chi connectivity index (χ4n) is 7.70. The van der Waals surface area contributed by atoms with Crippen molar-refractivity contribution in [1.29, 1.82) is 0 Å². The van der Waals surface area contributed by atoms with Gasteiger partial charge in [-0.25, -0.2) is 0 Å². The summed E-state index contributed by atoms with van der Waals surface area (Å²) in [5.74, 6) is 0. The maximum absolute atomic E-state index is 2.36. The van der Waals surface area contributed by atoms with Crippen molar-refractivity contribution in [2.24, 2.45) is 0 Å². The zero-order chi connectivity index (χ0) is 28.6. The number of rotatable bonds is 3. The summed E-state index contributed by atoms with van der Waals surface area (Å²) in [6, 6.07) is 49.6. The van der Waals surface area contributed by atoms with E-state index in [2.05, 4.69) is 161 Å². The van der Waals surface area contributed by atoms with Gasteiger partial charge >= 0.3 is 0 Å². The Morgan fingerprint density at radius 3 is 1.29 bits per heavy atom. The van der Waals surface area contributed by atoms with Crippen molar-refractivity contribution < 1.29 is 0 Å². The second kappa shape index (κ2) is 8.91. The van der Waals surface area contributed by atoms with Crippen LogP contribution in [0.25, 0.3) is 55.6 Å². The lowest BCUT2D eigenvalue weighted by molar-refractivity contribution is 0.660. The smallest absolute Gasteiger partial charge is 0.0159 e. The highest BCUT2D eigenvalue weighted by molar-refractivity contribution is 5.94. The van der Waals surface area contributed by atoms with Crippen molar-refractivity contribution in [2.45, 2.75) is 38.5 Å². The molecule has 0 atom stereocenters. The molecule has 202 valence electrons. The van der Waals surface area contributed by atoms with Gasteiger partial charge in [0.2, 0.25) is 0 Å². The Bertz CT molecular complexity index is 2020. The SMILES string of the molecule is CC1(C)c2ccccc2-c2c(-c3ccc(-c4cccc(-c5cccc6c5-c5ccccc5C6(C)C)c4)cc3)cccc21. The molecule has 0 saturated heterocycles. The Morgan fingerprint density at radius 1 is 0.310 bits per heavy atom. The molecule has 8 rings (SSSR count). The van der Waals surface area contributed by atoms with Crippen LogP contribution in [0.15, 0.2) is 133 Å². The number of hydrogen-bond acceptors (Lipinski definition) is 0. The van der Waals surface area contributed by atoms with E-state index in [1.54, 1.807) is 0 Å². The summed E-state index contributed by atoms with van der Waals surface area (Å²) >= 11 is 0. The van der Waals surface area contributed by atoms with Gasteiger partial charge in [0, 0.05) is 10.8 Å². The first-order valence-electron chi connectivity index (χ1n) is 15.0. The lowest BCUT2D eigenvalue weighted by Gasteiger charge is -2.21. The number of benzene rings is 6. The fraction of sp³-hybridized carbons (Fsp3) is 0.143. The minimum Gasteiger partial charge on any atom is -0.0619 e. The van der Waals surface area contributed by atoms with Crippen LogP contribution < -0.4 is 0 Å². The van der Waals surface area contributed by atoms with Crippen molar-refractivity contribution in [3.8, 4) is 55.6 Å². The van der Waals surface area contributed by atoms with Crippen molar-refractivity contribution in [3.63, 3.8) is 0 Å². The summed E-state index contributed by atoms with van der Waals surface area (Å²) in [6.07, 6.45) is 0. The first-order chi connectivity index (χ1) is 20.4. The molecule has 0 aromatic heterocycles. The Labute approximate surface area is 249 Å². The zero-order valence-corrected chi connectivity index (χ0v) is 24.7. The topological polar surface area (TPSA) is 0 Å². The summed E-state index contributed by atoms with van der Waals surface area (Å²) in [7, 11) is 0. The van der Waals surface area contributed by atoms with Crippen LogP contribution in [-0.2, 0) is 10.8 Å². The molecule has 0 N–H and O–H groups in total. The average molecular weight is 539 g/mol. The summed E-state index contributed by atoms with van der Waals surface area (Å²) in [4.78, 5) is 0. The molecule has 2 aliphatic carbocycles. The molecular formula is C42H34. The molecule has 42 heavy (non-hydrogen) atoms. The fourth-order valence-corrected chi connectivity index (χ4v) is 7.70. The highest BCUT2D eigenvalue weighted by Gasteiger charge is 2.37. The molecule has 0 fully saturated rings. The molecule has 0 amide bonds. The maximum Gasteiger partial charge on any atom is 0.0159 e. The largest absolute Gasteiger partial charge is 0.0619 e. The van der Waals surface area contributed by atoms with Gasteiger partial charge in [0.1, 0.15) is 0 Å². The van der Waals surface area contributed by atoms with Crippen LogP contribution >= 0.6 is 0 Å². The highest BCUT2D eigenvalue weighted by Crippen LogP contribution is 2.53. The van der Waals surface area contributed by atoms with Gasteiger partial charge in [-0.3, -0.25) is 0 Å². The van der Waals surface area contributed by atoms with Gasteiger partial charge in [0.05, 0.1) is 0 Å². The predicted molar refractivity (Wildman–Crippen MR) is 178 cm³/mol. The van der Waals surface area contributed by atoms with Gasteiger partial charge in [-0.2, -0.15) is 0 Å². The Kier molecular flexibility index (Phi) is 5.32. The lowest BCUT2D eigenvalue weighted by Crippen LogP contribution is -2.14. The van der Waals surface area contributed by atoms with Gasteiger partial charge < -0.3 is 0 Å². The number of fused-ring (bicyclic) bond motifs is 6. The van der Waals surface area contributed by atoms with E-state index < -0.39 is 0 Å². The van der Waals surface area contributed by atoms with Crippen molar-refractivity contribution >= 4 is 0 Å². The zero-order valence-electron chi connectivity index (χ0n) is 24.7. The average Bonchev–Trinajstić information content (AvgIpc) is 3.41. The van der Waals surface area contributed by atoms with E-state index in [9.17, 15) is 0 Å². The number of hydrogen-bond donors (Lipinski definition) is 0. The molecule has 0 nitrogen and oxygen atoms in total. The summed E-state index contributed by atoms with van der Waals surface area (Å²) in [5.41, 5.74) is 18.8. The highest BCUT2D eigenvalue weighted by atomic mass is 14.4. The summed E-state index contributed by atoms with van der Waals surface area (Å²) < 4.78 is 0. The van der Waals surface area contributed by atoms with E-state index in [1.165, 1.54) is 77.9 Å². The standard InChI is InChI=1S/C42H34/c1-41(2)35-18-7-5-14-33(35)39-31(16-10-20-37(39)41)28-24-22-27(23-25-28)29-12-9-13-30(26-29)32-17-11-21-38-40(32)34-15-6-8-19-36(34)42(38,3)4/h5-26H,1-4H3. The van der Waals surface area contributed by atoms with Crippen LogP contribution in [0.3, 0.4) is 0 Å². The Hall–Kier alpha value is -4.68. The maximum atomic E-state index is 2.36. The molecule has 0 heteroatoms. The second-order valence-electron chi connectivity index (χ2n) is 13.0. The van der Waals surface area contributed by atoms with Crippen LogP contribution in [0.2, 0.25) is 0 Å². The van der Waals surface area contributed by atoms with Gasteiger partial charge in [0.15, 0.2) is 0 Å². The van der Waals surface area contributed by atoms with Gasteiger partial charge in [-0.1, -0.05) is 155 Å². The van der Waals surface area contributed by atoms with Crippen LogP contribution in [0.1, 0.15) is 49.9 Å². The Morgan fingerprint density at radius 2 is 0.714 bits per heavy atom. The predicted octanol–water partition coefficient (Wildman–Crippen LogP) is 11.3. The van der Waals surface area contributed by atoms with E-state index in [0.717, 1.165) is 0 Å². The third-order valence-electron chi connectivity index (χ3n) is 9.92.